The molecule has 1 aliphatic heterocycles. The summed E-state index contributed by atoms with van der Waals surface area (Å²) in [4.78, 5) is 15.3. The number of carbonyl (C=O) groups excluding carboxylic acids is 1. The Labute approximate surface area is 110 Å². The Morgan fingerprint density at radius 2 is 2.11 bits per heavy atom. The zero-order valence-corrected chi connectivity index (χ0v) is 10.2. The zero-order valence-electron chi connectivity index (χ0n) is 10.2. The van der Waals surface area contributed by atoms with Gasteiger partial charge in [-0.1, -0.05) is 24.3 Å². The summed E-state index contributed by atoms with van der Waals surface area (Å²) in [5.74, 6) is 0.582. The van der Waals surface area contributed by atoms with Crippen molar-refractivity contribution in [1.82, 2.24) is 4.98 Å². The number of fused-ring (bicyclic) bond motifs is 1. The van der Waals surface area contributed by atoms with Gasteiger partial charge in [0.2, 0.25) is 0 Å². The van der Waals surface area contributed by atoms with Gasteiger partial charge in [-0.05, 0) is 29.3 Å². The van der Waals surface area contributed by atoms with E-state index in [9.17, 15) is 4.79 Å². The van der Waals surface area contributed by atoms with Crippen LogP contribution in [0.15, 0.2) is 42.7 Å². The van der Waals surface area contributed by atoms with E-state index >= 15 is 0 Å². The van der Waals surface area contributed by atoms with E-state index in [1.54, 1.807) is 12.4 Å². The number of nitrogens with zero attached hydrogens (tertiary/aromatic N) is 1. The Morgan fingerprint density at radius 3 is 2.95 bits per heavy atom. The summed E-state index contributed by atoms with van der Waals surface area (Å²) < 4.78 is 5.31. The first-order chi connectivity index (χ1) is 9.31. The van der Waals surface area contributed by atoms with Gasteiger partial charge in [0.05, 0.1) is 5.69 Å². The maximum Gasteiger partial charge on any atom is 0.262 e. The van der Waals surface area contributed by atoms with E-state index in [1.165, 1.54) is 0 Å². The second kappa shape index (κ2) is 4.94. The van der Waals surface area contributed by atoms with Gasteiger partial charge < -0.3 is 10.1 Å². The number of pyridine rings is 1. The maximum atomic E-state index is 11.3. The molecule has 2 aromatic rings. The number of hydrogen-bond donors (Lipinski definition) is 1. The van der Waals surface area contributed by atoms with Crippen LogP contribution in [-0.4, -0.2) is 17.5 Å². The number of rotatable bonds is 2. The Morgan fingerprint density at radius 1 is 1.21 bits per heavy atom. The Balaban J connectivity index is 1.84. The molecule has 0 radical (unpaired) electrons. The fourth-order valence-electron chi connectivity index (χ4n) is 1.87. The topological polar surface area (TPSA) is 51.2 Å². The van der Waals surface area contributed by atoms with Crippen molar-refractivity contribution < 1.29 is 9.53 Å². The molecule has 4 nitrogen and oxygen atoms in total. The van der Waals surface area contributed by atoms with Crippen LogP contribution in [-0.2, 0) is 4.79 Å². The van der Waals surface area contributed by atoms with Gasteiger partial charge in [0.25, 0.3) is 5.91 Å². The second-order valence-electron chi connectivity index (χ2n) is 4.21. The van der Waals surface area contributed by atoms with Gasteiger partial charge in [-0.3, -0.25) is 9.78 Å². The third-order valence-electron chi connectivity index (χ3n) is 2.79. The molecule has 0 spiro atoms. The largest absolute Gasteiger partial charge is 0.482 e. The predicted molar refractivity (Wildman–Crippen MR) is 73.7 cm³/mol. The van der Waals surface area contributed by atoms with Crippen molar-refractivity contribution >= 4 is 23.7 Å². The molecule has 3 rings (SSSR count). The van der Waals surface area contributed by atoms with Crippen LogP contribution in [0.1, 0.15) is 11.1 Å². The molecule has 0 aliphatic carbocycles. The summed E-state index contributed by atoms with van der Waals surface area (Å²) in [6.07, 6.45) is 7.47. The van der Waals surface area contributed by atoms with Crippen LogP contribution in [0.4, 0.5) is 5.69 Å². The van der Waals surface area contributed by atoms with Crippen molar-refractivity contribution in [1.29, 1.82) is 0 Å². The lowest BCUT2D eigenvalue weighted by Crippen LogP contribution is -2.25. The summed E-state index contributed by atoms with van der Waals surface area (Å²) in [6.45, 7) is 0.0812. The molecule has 1 aromatic heterocycles. The van der Waals surface area contributed by atoms with Crippen LogP contribution in [0.3, 0.4) is 0 Å². The second-order valence-corrected chi connectivity index (χ2v) is 4.21. The molecule has 1 aromatic carbocycles. The van der Waals surface area contributed by atoms with Gasteiger partial charge >= 0.3 is 0 Å². The first-order valence-corrected chi connectivity index (χ1v) is 5.96. The fraction of sp³-hybridized carbons (Fsp3) is 0.0667. The molecule has 1 amide bonds. The SMILES string of the molecule is O=C1COc2ccc(C=Cc3cccnc3)cc2N1. The van der Waals surface area contributed by atoms with E-state index in [2.05, 4.69) is 10.3 Å². The monoisotopic (exact) mass is 252 g/mol. The molecule has 0 atom stereocenters. The first-order valence-electron chi connectivity index (χ1n) is 5.96. The third-order valence-corrected chi connectivity index (χ3v) is 2.79. The van der Waals surface area contributed by atoms with Crippen LogP contribution in [0.5, 0.6) is 5.75 Å². The highest BCUT2D eigenvalue weighted by Gasteiger charge is 2.15. The summed E-state index contributed by atoms with van der Waals surface area (Å²) in [5, 5.41) is 2.79. The first kappa shape index (κ1) is 11.5. The van der Waals surface area contributed by atoms with Gasteiger partial charge in [-0.15, -0.1) is 0 Å². The number of anilines is 1. The molecular weight excluding hydrogens is 240 g/mol. The van der Waals surface area contributed by atoms with Crippen molar-refractivity contribution in [3.05, 3.63) is 53.9 Å². The van der Waals surface area contributed by atoms with Gasteiger partial charge in [0.1, 0.15) is 5.75 Å². The molecular formula is C15H12N2O2. The van der Waals surface area contributed by atoms with Gasteiger partial charge in [-0.2, -0.15) is 0 Å². The smallest absolute Gasteiger partial charge is 0.262 e. The molecule has 1 aliphatic rings. The van der Waals surface area contributed by atoms with Crippen molar-refractivity contribution in [3.8, 4) is 5.75 Å². The number of amides is 1. The summed E-state index contributed by atoms with van der Waals surface area (Å²) >= 11 is 0. The Hall–Kier alpha value is -2.62. The van der Waals surface area contributed by atoms with Crippen LogP contribution in [0.2, 0.25) is 0 Å². The lowest BCUT2D eigenvalue weighted by molar-refractivity contribution is -0.118. The maximum absolute atomic E-state index is 11.3. The molecule has 19 heavy (non-hydrogen) atoms. The Bertz CT molecular complexity index is 636. The summed E-state index contributed by atoms with van der Waals surface area (Å²) in [7, 11) is 0. The molecule has 0 saturated heterocycles. The molecule has 0 saturated carbocycles. The van der Waals surface area contributed by atoms with E-state index in [-0.39, 0.29) is 12.5 Å². The molecule has 0 unspecified atom stereocenters. The summed E-state index contributed by atoms with van der Waals surface area (Å²) in [5.41, 5.74) is 2.73. The quantitative estimate of drug-likeness (QED) is 0.893. The molecule has 1 N–H and O–H groups in total. The average molecular weight is 252 g/mol. The third kappa shape index (κ3) is 2.63. The van der Waals surface area contributed by atoms with Crippen molar-refractivity contribution in [3.63, 3.8) is 0 Å². The standard InChI is InChI=1S/C15H12N2O2/c18-15-10-19-14-6-5-11(8-13(14)17-15)3-4-12-2-1-7-16-9-12/h1-9H,10H2,(H,17,18). The predicted octanol–water partition coefficient (Wildman–Crippen LogP) is 2.58. The highest BCUT2D eigenvalue weighted by molar-refractivity contribution is 5.95. The fourth-order valence-corrected chi connectivity index (χ4v) is 1.87. The van der Waals surface area contributed by atoms with Crippen molar-refractivity contribution in [2.24, 2.45) is 0 Å². The van der Waals surface area contributed by atoms with Crippen LogP contribution < -0.4 is 10.1 Å². The minimum Gasteiger partial charge on any atom is -0.482 e. The van der Waals surface area contributed by atoms with Crippen LogP contribution >= 0.6 is 0 Å². The number of hydrogen-bond acceptors (Lipinski definition) is 3. The lowest BCUT2D eigenvalue weighted by atomic mass is 10.1. The number of carbonyl (C=O) groups is 1. The molecule has 0 bridgehead atoms. The highest BCUT2D eigenvalue weighted by atomic mass is 16.5. The molecule has 94 valence electrons. The minimum absolute atomic E-state index is 0.0812. The zero-order chi connectivity index (χ0) is 13.1. The van der Waals surface area contributed by atoms with E-state index in [0.717, 1.165) is 11.1 Å². The molecule has 4 heteroatoms. The summed E-state index contributed by atoms with van der Waals surface area (Å²) in [6, 6.07) is 9.56. The average Bonchev–Trinajstić information content (AvgIpc) is 2.46. The van der Waals surface area contributed by atoms with E-state index in [1.807, 2.05) is 42.5 Å². The number of aromatic nitrogens is 1. The Kier molecular flexibility index (Phi) is 2.98. The lowest BCUT2D eigenvalue weighted by Gasteiger charge is -2.17. The molecule has 0 fully saturated rings. The van der Waals surface area contributed by atoms with Crippen LogP contribution in [0.25, 0.3) is 12.2 Å². The highest BCUT2D eigenvalue weighted by Crippen LogP contribution is 2.28. The number of ether oxygens (including phenoxy) is 1. The van der Waals surface area contributed by atoms with E-state index in [4.69, 9.17) is 4.74 Å². The van der Waals surface area contributed by atoms with Gasteiger partial charge in [-0.25, -0.2) is 0 Å². The van der Waals surface area contributed by atoms with Crippen LogP contribution in [0, 0.1) is 0 Å². The normalized spacial score (nSPS) is 13.8. The van der Waals surface area contributed by atoms with Crippen molar-refractivity contribution in [2.45, 2.75) is 0 Å². The van der Waals surface area contributed by atoms with E-state index in [0.29, 0.717) is 11.4 Å². The molecule has 2 heterocycles. The van der Waals surface area contributed by atoms with Gasteiger partial charge in [0, 0.05) is 12.4 Å². The van der Waals surface area contributed by atoms with E-state index < -0.39 is 0 Å². The number of nitrogens with one attached hydrogen (secondary N) is 1. The van der Waals surface area contributed by atoms with Crippen molar-refractivity contribution in [2.75, 3.05) is 11.9 Å². The number of benzene rings is 1. The van der Waals surface area contributed by atoms with Gasteiger partial charge in [0.15, 0.2) is 6.61 Å². The minimum atomic E-state index is -0.124.